The number of aromatic nitrogens is 2. The molecular formula is C27H35N7O4. The molecule has 11 nitrogen and oxygen atoms in total. The molecule has 4 aliphatic heterocycles. The van der Waals surface area contributed by atoms with Crippen LogP contribution in [0.1, 0.15) is 48.8 Å². The Bertz CT molecular complexity index is 1290. The molecule has 0 aliphatic carbocycles. The van der Waals surface area contributed by atoms with Crippen LogP contribution in [0.15, 0.2) is 12.3 Å². The molecule has 1 atom stereocenters. The molecule has 1 spiro atoms. The summed E-state index contributed by atoms with van der Waals surface area (Å²) < 4.78 is 0. The maximum absolute atomic E-state index is 13.9. The van der Waals surface area contributed by atoms with Gasteiger partial charge in [0, 0.05) is 44.5 Å². The van der Waals surface area contributed by atoms with Crippen LogP contribution in [0.5, 0.6) is 0 Å². The lowest BCUT2D eigenvalue weighted by atomic mass is 9.87. The van der Waals surface area contributed by atoms with Crippen LogP contribution in [0.2, 0.25) is 0 Å². The van der Waals surface area contributed by atoms with E-state index in [9.17, 15) is 19.2 Å². The van der Waals surface area contributed by atoms with Gasteiger partial charge in [-0.25, -0.2) is 4.79 Å². The van der Waals surface area contributed by atoms with E-state index in [0.717, 1.165) is 47.2 Å². The Morgan fingerprint density at radius 1 is 1.11 bits per heavy atom. The summed E-state index contributed by atoms with van der Waals surface area (Å²) in [5.41, 5.74) is 3.37. The van der Waals surface area contributed by atoms with Crippen molar-refractivity contribution in [1.29, 1.82) is 0 Å². The molecule has 1 aromatic heterocycles. The zero-order valence-electron chi connectivity index (χ0n) is 21.8. The summed E-state index contributed by atoms with van der Waals surface area (Å²) in [5.74, 6) is -0.817. The van der Waals surface area contributed by atoms with Crippen LogP contribution in [0.25, 0.3) is 10.9 Å². The van der Waals surface area contributed by atoms with Crippen molar-refractivity contribution in [3.05, 3.63) is 29.0 Å². The second-order valence-corrected chi connectivity index (χ2v) is 11.3. The van der Waals surface area contributed by atoms with Crippen LogP contribution < -0.4 is 10.6 Å². The van der Waals surface area contributed by atoms with E-state index in [1.807, 2.05) is 18.0 Å². The number of carbonyl (C=O) groups excluding carboxylic acids is 4. The first-order chi connectivity index (χ1) is 18.3. The highest BCUT2D eigenvalue weighted by Crippen LogP contribution is 2.33. The first-order valence-corrected chi connectivity index (χ1v) is 13.7. The van der Waals surface area contributed by atoms with Gasteiger partial charge in [-0.2, -0.15) is 5.10 Å². The van der Waals surface area contributed by atoms with Crippen molar-refractivity contribution in [1.82, 2.24) is 35.5 Å². The number of hydrogen-bond acceptors (Lipinski definition) is 6. The largest absolute Gasteiger partial charge is 0.342 e. The topological polar surface area (TPSA) is 131 Å². The fourth-order valence-electron chi connectivity index (χ4n) is 6.63. The average molecular weight is 522 g/mol. The van der Waals surface area contributed by atoms with Crippen LogP contribution in [0.4, 0.5) is 4.79 Å². The number of aryl methyl sites for hydroxylation is 1. The lowest BCUT2D eigenvalue weighted by Gasteiger charge is -2.37. The van der Waals surface area contributed by atoms with Gasteiger partial charge in [0.25, 0.3) is 5.91 Å². The molecule has 202 valence electrons. The van der Waals surface area contributed by atoms with Gasteiger partial charge >= 0.3 is 6.03 Å². The molecule has 6 rings (SSSR count). The Morgan fingerprint density at radius 2 is 1.87 bits per heavy atom. The smallest absolute Gasteiger partial charge is 0.322 e. The monoisotopic (exact) mass is 521 g/mol. The van der Waals surface area contributed by atoms with E-state index >= 15 is 0 Å². The molecule has 0 bridgehead atoms. The molecule has 3 fully saturated rings. The summed E-state index contributed by atoms with van der Waals surface area (Å²) >= 11 is 0. The molecular weight excluding hydrogens is 486 g/mol. The molecule has 0 unspecified atom stereocenters. The third kappa shape index (κ3) is 4.42. The van der Waals surface area contributed by atoms with E-state index < -0.39 is 17.5 Å². The summed E-state index contributed by atoms with van der Waals surface area (Å²) in [6, 6.07) is 1.66. The number of imide groups is 1. The number of likely N-dealkylation sites (tertiary alicyclic amines) is 2. The molecule has 11 heteroatoms. The number of carbonyl (C=O) groups is 4. The van der Waals surface area contributed by atoms with Gasteiger partial charge in [0.2, 0.25) is 11.8 Å². The summed E-state index contributed by atoms with van der Waals surface area (Å²) in [6.45, 7) is 6.92. The SMILES string of the molecule is Cc1cc2c(c3cn[nH]c13)CN(CCN1CCCC1)C(=O)[C@H](CC(=O)N1CCC3(CC1)NC(=O)NC3=O)C2. The molecule has 3 N–H and O–H groups in total. The number of benzene rings is 1. The normalized spacial score (nSPS) is 23.6. The molecule has 1 aromatic carbocycles. The second-order valence-electron chi connectivity index (χ2n) is 11.3. The second kappa shape index (κ2) is 9.68. The highest BCUT2D eigenvalue weighted by molar-refractivity contribution is 6.07. The predicted molar refractivity (Wildman–Crippen MR) is 139 cm³/mol. The highest BCUT2D eigenvalue weighted by atomic mass is 16.2. The van der Waals surface area contributed by atoms with E-state index in [4.69, 9.17) is 0 Å². The third-order valence-corrected chi connectivity index (χ3v) is 8.90. The Kier molecular flexibility index (Phi) is 6.33. The van der Waals surface area contributed by atoms with Crippen molar-refractivity contribution < 1.29 is 19.2 Å². The van der Waals surface area contributed by atoms with Crippen LogP contribution >= 0.6 is 0 Å². The first kappa shape index (κ1) is 24.8. The van der Waals surface area contributed by atoms with Crippen molar-refractivity contribution in [2.75, 3.05) is 39.3 Å². The number of urea groups is 1. The van der Waals surface area contributed by atoms with Gasteiger partial charge in [0.15, 0.2) is 0 Å². The van der Waals surface area contributed by atoms with Gasteiger partial charge in [-0.1, -0.05) is 6.07 Å². The number of rotatable bonds is 5. The van der Waals surface area contributed by atoms with Gasteiger partial charge in [-0.3, -0.25) is 24.8 Å². The number of hydrogen-bond donors (Lipinski definition) is 3. The molecule has 2 aromatic rings. The number of nitrogens with zero attached hydrogens (tertiary/aromatic N) is 4. The van der Waals surface area contributed by atoms with Gasteiger partial charge in [0.05, 0.1) is 17.6 Å². The zero-order chi connectivity index (χ0) is 26.4. The van der Waals surface area contributed by atoms with Crippen LogP contribution in [-0.4, -0.2) is 93.5 Å². The predicted octanol–water partition coefficient (Wildman–Crippen LogP) is 1.06. The van der Waals surface area contributed by atoms with E-state index in [1.165, 1.54) is 12.8 Å². The van der Waals surface area contributed by atoms with E-state index in [-0.39, 0.29) is 24.1 Å². The van der Waals surface area contributed by atoms with E-state index in [1.54, 1.807) is 4.90 Å². The first-order valence-electron chi connectivity index (χ1n) is 13.7. The Balaban J connectivity index is 1.21. The van der Waals surface area contributed by atoms with Crippen molar-refractivity contribution in [2.45, 2.75) is 57.5 Å². The summed E-state index contributed by atoms with van der Waals surface area (Å²) in [5, 5.41) is 13.5. The molecule has 38 heavy (non-hydrogen) atoms. The molecule has 0 radical (unpaired) electrons. The molecule has 4 aliphatic rings. The van der Waals surface area contributed by atoms with Crippen molar-refractivity contribution in [3.63, 3.8) is 0 Å². The maximum Gasteiger partial charge on any atom is 0.322 e. The fourth-order valence-corrected chi connectivity index (χ4v) is 6.63. The Labute approximate surface area is 221 Å². The van der Waals surface area contributed by atoms with E-state index in [2.05, 4.69) is 31.8 Å². The minimum Gasteiger partial charge on any atom is -0.342 e. The fraction of sp³-hybridized carbons (Fsp3) is 0.593. The quantitative estimate of drug-likeness (QED) is 0.505. The van der Waals surface area contributed by atoms with Crippen LogP contribution in [0, 0.1) is 12.8 Å². The van der Waals surface area contributed by atoms with Crippen molar-refractivity contribution in [2.24, 2.45) is 5.92 Å². The number of H-pyrrole nitrogens is 1. The van der Waals surface area contributed by atoms with Gasteiger partial charge in [0.1, 0.15) is 5.54 Å². The van der Waals surface area contributed by atoms with Gasteiger partial charge in [-0.05, 0) is 68.8 Å². The van der Waals surface area contributed by atoms with Crippen molar-refractivity contribution >= 4 is 34.7 Å². The van der Waals surface area contributed by atoms with Gasteiger partial charge < -0.3 is 20.0 Å². The van der Waals surface area contributed by atoms with Crippen LogP contribution in [-0.2, 0) is 27.3 Å². The van der Waals surface area contributed by atoms with Crippen LogP contribution in [0.3, 0.4) is 0 Å². The molecule has 0 saturated carbocycles. The molecule has 5 amide bonds. The number of piperidine rings is 1. The summed E-state index contributed by atoms with van der Waals surface area (Å²) in [6.07, 6.45) is 5.63. The minimum absolute atomic E-state index is 0.0268. The highest BCUT2D eigenvalue weighted by Gasteiger charge is 2.48. The average Bonchev–Trinajstić information content (AvgIpc) is 3.63. The molecule has 3 saturated heterocycles. The summed E-state index contributed by atoms with van der Waals surface area (Å²) in [7, 11) is 0. The third-order valence-electron chi connectivity index (χ3n) is 8.90. The molecule has 5 heterocycles. The Morgan fingerprint density at radius 3 is 2.58 bits per heavy atom. The zero-order valence-corrected chi connectivity index (χ0v) is 21.8. The number of amides is 5. The lowest BCUT2D eigenvalue weighted by Crippen LogP contribution is -2.56. The maximum atomic E-state index is 13.9. The van der Waals surface area contributed by atoms with Gasteiger partial charge in [-0.15, -0.1) is 0 Å². The minimum atomic E-state index is -0.926. The number of fused-ring (bicyclic) bond motifs is 3. The lowest BCUT2D eigenvalue weighted by molar-refractivity contribution is -0.142. The summed E-state index contributed by atoms with van der Waals surface area (Å²) in [4.78, 5) is 57.4. The number of aromatic amines is 1. The van der Waals surface area contributed by atoms with Crippen molar-refractivity contribution in [3.8, 4) is 0 Å². The number of nitrogens with one attached hydrogen (secondary N) is 3. The Hall–Kier alpha value is -3.47. The van der Waals surface area contributed by atoms with E-state index in [0.29, 0.717) is 45.4 Å². The standard InChI is InChI=1S/C27H35N7O4/c1-17-12-18-13-19(14-22(35)33-8-4-27(5-9-33)25(37)29-26(38)30-27)24(36)34(11-10-32-6-2-3-7-32)16-21(18)20-15-28-31-23(17)20/h12,15,19H,2-11,13-14,16H2,1H3,(H,28,31)(H2,29,30,37,38)/t19-/m0/s1.